The maximum atomic E-state index is 10.2. The third-order valence-corrected chi connectivity index (χ3v) is 7.33. The lowest BCUT2D eigenvalue weighted by molar-refractivity contribution is 0.434. The van der Waals surface area contributed by atoms with Crippen molar-refractivity contribution in [3.05, 3.63) is 198 Å². The van der Waals surface area contributed by atoms with E-state index < -0.39 is 247 Å². The molecular formula is C43H29NO. The summed E-state index contributed by atoms with van der Waals surface area (Å²) in [6.45, 7) is 0. The number of aromatic nitrogens is 1. The molecule has 0 fully saturated rings. The molecule has 2 heterocycles. The van der Waals surface area contributed by atoms with Crippen molar-refractivity contribution in [3.63, 3.8) is 0 Å². The van der Waals surface area contributed by atoms with Gasteiger partial charge in [0, 0.05) is 27.6 Å². The van der Waals surface area contributed by atoms with Crippen molar-refractivity contribution in [2.75, 3.05) is 0 Å². The Morgan fingerprint density at radius 1 is 0.467 bits per heavy atom. The fourth-order valence-corrected chi connectivity index (χ4v) is 5.52. The Morgan fingerprint density at radius 3 is 1.96 bits per heavy atom. The number of nitrogens with zero attached hydrogens (tertiary/aromatic N) is 1. The van der Waals surface area contributed by atoms with Crippen LogP contribution in [0.15, 0.2) is 175 Å². The SMILES string of the molecule is [2H]c1cc(C2(c3c([2H])c([2H])c([2H])c([2H])c3[2H])c3c([2H])c([2H])c([2H])c([2H])c3Oc3c([2H])c([2H])c(-c4c([2H])c([2H])c5c6c([2H])c([2H])c([2H])c([2H])c6n(-c6c([2H])c([2H])c([2H])c([2H])c6[2H])c5c4[2H])c([2H])c32)c([2H])c([2H])c1[2H]. The first-order valence-electron chi connectivity index (χ1n) is 27.2. The van der Waals surface area contributed by atoms with Crippen molar-refractivity contribution < 1.29 is 43.1 Å². The number of fused-ring (bicyclic) bond motifs is 5. The fourth-order valence-electron chi connectivity index (χ4n) is 5.52. The summed E-state index contributed by atoms with van der Waals surface area (Å²) < 4.78 is 259. The van der Waals surface area contributed by atoms with Crippen molar-refractivity contribution in [3.8, 4) is 28.3 Å². The van der Waals surface area contributed by atoms with Gasteiger partial charge in [-0.2, -0.15) is 0 Å². The number of ether oxygens (including phenoxy) is 1. The first-order valence-corrected chi connectivity index (χ1v) is 13.2. The average Bonchev–Trinajstić information content (AvgIpc) is 3.71. The minimum Gasteiger partial charge on any atom is -0.457 e. The Balaban J connectivity index is 1.62. The minimum atomic E-state index is -3.21. The molecule has 0 bridgehead atoms. The molecule has 7 aromatic carbocycles. The van der Waals surface area contributed by atoms with Crippen molar-refractivity contribution in [1.82, 2.24) is 4.57 Å². The van der Waals surface area contributed by atoms with Gasteiger partial charge in [0.1, 0.15) is 11.5 Å². The Morgan fingerprint density at radius 2 is 1.09 bits per heavy atom. The van der Waals surface area contributed by atoms with Crippen LogP contribution in [-0.4, -0.2) is 4.57 Å². The van der Waals surface area contributed by atoms with Crippen LogP contribution >= 0.6 is 0 Å². The molecule has 212 valence electrons. The zero-order chi connectivity index (χ0) is 54.2. The molecule has 2 nitrogen and oxygen atoms in total. The molecule has 1 aliphatic rings. The van der Waals surface area contributed by atoms with Crippen LogP contribution in [0, 0.1) is 0 Å². The standard InChI is InChI=1S/C43H29NO/c1-4-14-32(15-5-1)43(33-16-6-2-7-17-33)37-21-11-13-23-41(37)45-42-27-25-30(28-38(42)43)31-24-26-36-35-20-10-12-22-39(35)44(40(36)29-31)34-18-8-3-9-19-34/h1-29H/i1D,2D,3D,4D,5D,6D,7D,8D,9D,10D,11D,12D,13D,14D,15D,16D,18D,19D,20D,21D,22D,23D,24D,25D,26D,27D,28D,29D. The van der Waals surface area contributed by atoms with Gasteiger partial charge >= 0.3 is 0 Å². The Hall–Kier alpha value is -5.86. The van der Waals surface area contributed by atoms with Crippen LogP contribution < -0.4 is 4.74 Å². The quantitative estimate of drug-likeness (QED) is 0.195. The molecule has 0 saturated heterocycles. The molecule has 0 radical (unpaired) electrons. The van der Waals surface area contributed by atoms with Crippen LogP contribution in [-0.2, 0) is 5.41 Å². The van der Waals surface area contributed by atoms with Crippen LogP contribution in [0.25, 0.3) is 38.6 Å². The summed E-state index contributed by atoms with van der Waals surface area (Å²) in [5, 5.41) is -1.18. The molecule has 1 unspecified atom stereocenters. The monoisotopic (exact) mass is 603 g/mol. The third kappa shape index (κ3) is 3.82. The highest BCUT2D eigenvalue weighted by atomic mass is 16.5. The van der Waals surface area contributed by atoms with Crippen LogP contribution in [0.4, 0.5) is 0 Å². The van der Waals surface area contributed by atoms with Crippen LogP contribution in [0.2, 0.25) is 0 Å². The van der Waals surface area contributed by atoms with Gasteiger partial charge in [-0.05, 0) is 64.6 Å². The predicted octanol–water partition coefficient (Wildman–Crippen LogP) is 10.9. The number of rotatable bonds is 4. The summed E-state index contributed by atoms with van der Waals surface area (Å²) in [6, 6.07) is -27.8. The van der Waals surface area contributed by atoms with Gasteiger partial charge in [-0.25, -0.2) is 0 Å². The van der Waals surface area contributed by atoms with Crippen molar-refractivity contribution in [1.29, 1.82) is 0 Å². The number of benzene rings is 7. The van der Waals surface area contributed by atoms with E-state index in [1.54, 1.807) is 0 Å². The van der Waals surface area contributed by atoms with E-state index in [-0.39, 0.29) is 0 Å². The summed E-state index contributed by atoms with van der Waals surface area (Å²) in [5.74, 6) is -1.93. The highest BCUT2D eigenvalue weighted by molar-refractivity contribution is 6.10. The second-order valence-corrected chi connectivity index (χ2v) is 9.59. The molecule has 0 spiro atoms. The van der Waals surface area contributed by atoms with E-state index >= 15 is 0 Å². The zero-order valence-corrected chi connectivity index (χ0v) is 22.4. The Labute approximate surface area is 301 Å². The van der Waals surface area contributed by atoms with Gasteiger partial charge in [0.05, 0.1) is 54.8 Å². The first kappa shape index (κ1) is 10.1. The van der Waals surface area contributed by atoms with Crippen molar-refractivity contribution in [2.24, 2.45) is 0 Å². The summed E-state index contributed by atoms with van der Waals surface area (Å²) >= 11 is 0. The molecule has 1 atom stereocenters. The Bertz CT molecular complexity index is 3850. The lowest BCUT2D eigenvalue weighted by Crippen LogP contribution is -2.34. The normalized spacial score (nSPS) is 24.1. The van der Waals surface area contributed by atoms with E-state index in [1.165, 1.54) is 0 Å². The maximum absolute atomic E-state index is 10.2. The summed E-state index contributed by atoms with van der Waals surface area (Å²) in [7, 11) is 0. The van der Waals surface area contributed by atoms with Gasteiger partial charge in [0.2, 0.25) is 0 Å². The van der Waals surface area contributed by atoms with Gasteiger partial charge in [0.15, 0.2) is 0 Å². The molecule has 1 aromatic heterocycles. The zero-order valence-electron chi connectivity index (χ0n) is 50.4. The maximum Gasteiger partial charge on any atom is 0.132 e. The minimum absolute atomic E-state index is 0.562. The van der Waals surface area contributed by atoms with Gasteiger partial charge < -0.3 is 9.30 Å². The van der Waals surface area contributed by atoms with Gasteiger partial charge in [-0.15, -0.1) is 0 Å². The summed E-state index contributed by atoms with van der Waals surface area (Å²) in [4.78, 5) is 0. The van der Waals surface area contributed by atoms with Crippen molar-refractivity contribution in [2.45, 2.75) is 5.41 Å². The largest absolute Gasteiger partial charge is 0.457 e. The van der Waals surface area contributed by atoms with E-state index in [4.69, 9.17) is 29.4 Å². The smallest absolute Gasteiger partial charge is 0.132 e. The average molecular weight is 604 g/mol. The van der Waals surface area contributed by atoms with Gasteiger partial charge in [-0.3, -0.25) is 0 Å². The van der Waals surface area contributed by atoms with Crippen LogP contribution in [0.5, 0.6) is 11.5 Å². The van der Waals surface area contributed by atoms with Gasteiger partial charge in [-0.1, -0.05) is 133 Å². The topological polar surface area (TPSA) is 14.2 Å². The van der Waals surface area contributed by atoms with Crippen LogP contribution in [0.1, 0.15) is 60.6 Å². The number of para-hydroxylation sites is 3. The predicted molar refractivity (Wildman–Crippen MR) is 185 cm³/mol. The summed E-state index contributed by atoms with van der Waals surface area (Å²) in [6.07, 6.45) is 0. The summed E-state index contributed by atoms with van der Waals surface area (Å²) in [5.41, 5.74) is -11.2. The third-order valence-electron chi connectivity index (χ3n) is 7.33. The molecule has 9 rings (SSSR count). The lowest BCUT2D eigenvalue weighted by atomic mass is 9.63. The van der Waals surface area contributed by atoms with Crippen molar-refractivity contribution >= 4 is 21.8 Å². The number of hydrogen-bond donors (Lipinski definition) is 0. The van der Waals surface area contributed by atoms with E-state index in [0.29, 0.717) is 4.57 Å². The van der Waals surface area contributed by atoms with E-state index in [0.717, 1.165) is 6.07 Å². The first-order chi connectivity index (χ1) is 34.0. The van der Waals surface area contributed by atoms with E-state index in [9.17, 15) is 13.7 Å². The molecule has 0 aliphatic carbocycles. The second-order valence-electron chi connectivity index (χ2n) is 9.59. The lowest BCUT2D eigenvalue weighted by Gasteiger charge is -2.41. The molecular weight excluding hydrogens is 546 g/mol. The molecule has 0 saturated carbocycles. The highest BCUT2D eigenvalue weighted by Crippen LogP contribution is 2.55. The van der Waals surface area contributed by atoms with Crippen LogP contribution in [0.3, 0.4) is 0 Å². The molecule has 0 amide bonds. The van der Waals surface area contributed by atoms with E-state index in [2.05, 4.69) is 0 Å². The molecule has 1 aliphatic heterocycles. The number of hydrogen-bond acceptors (Lipinski definition) is 1. The van der Waals surface area contributed by atoms with E-state index in [1.807, 2.05) is 0 Å². The second kappa shape index (κ2) is 10.1. The molecule has 8 aromatic rings. The van der Waals surface area contributed by atoms with Gasteiger partial charge in [0.25, 0.3) is 0 Å². The molecule has 0 N–H and O–H groups in total. The molecule has 45 heavy (non-hydrogen) atoms. The molecule has 2 heteroatoms. The highest BCUT2D eigenvalue weighted by Gasteiger charge is 2.45. The fraction of sp³-hybridized carbons (Fsp3) is 0.0233. The Kier molecular flexibility index (Phi) is 2.27.